The van der Waals surface area contributed by atoms with Crippen LogP contribution in [-0.4, -0.2) is 39.1 Å². The molecule has 0 aromatic heterocycles. The Hall–Kier alpha value is -4.50. The first-order chi connectivity index (χ1) is 17.4. The van der Waals surface area contributed by atoms with Crippen molar-refractivity contribution in [2.75, 3.05) is 36.9 Å². The van der Waals surface area contributed by atoms with E-state index in [0.717, 1.165) is 4.90 Å². The third-order valence-corrected chi connectivity index (χ3v) is 5.75. The van der Waals surface area contributed by atoms with Crippen molar-refractivity contribution in [3.8, 4) is 17.2 Å². The zero-order chi connectivity index (χ0) is 25.8. The van der Waals surface area contributed by atoms with Crippen molar-refractivity contribution in [3.05, 3.63) is 83.0 Å². The van der Waals surface area contributed by atoms with Gasteiger partial charge in [-0.1, -0.05) is 17.7 Å². The van der Waals surface area contributed by atoms with Crippen molar-refractivity contribution in [1.29, 1.82) is 0 Å². The van der Waals surface area contributed by atoms with E-state index in [2.05, 4.69) is 10.6 Å². The van der Waals surface area contributed by atoms with Crippen molar-refractivity contribution in [2.24, 2.45) is 0 Å². The third kappa shape index (κ3) is 4.82. The van der Waals surface area contributed by atoms with Crippen LogP contribution in [0.5, 0.6) is 17.2 Å². The van der Waals surface area contributed by atoms with Gasteiger partial charge in [0.25, 0.3) is 17.7 Å². The number of amides is 3. The molecule has 184 valence electrons. The molecule has 36 heavy (non-hydrogen) atoms. The van der Waals surface area contributed by atoms with E-state index in [1.165, 1.54) is 20.3 Å². The fraction of sp³-hybridized carbons (Fsp3) is 0.115. The average Bonchev–Trinajstić information content (AvgIpc) is 3.11. The SMILES string of the molecule is COc1ccc(NC(=O)c2cccc(NC3=C(Cl)C(=O)N(c4cc(OC)ccc4OC)C3=O)c2)cc1. The molecule has 9 nitrogen and oxygen atoms in total. The summed E-state index contributed by atoms with van der Waals surface area (Å²) in [6.45, 7) is 0. The second-order valence-corrected chi connectivity index (χ2v) is 7.94. The monoisotopic (exact) mass is 507 g/mol. The highest BCUT2D eigenvalue weighted by atomic mass is 35.5. The minimum absolute atomic E-state index is 0.126. The largest absolute Gasteiger partial charge is 0.497 e. The first-order valence-electron chi connectivity index (χ1n) is 10.7. The summed E-state index contributed by atoms with van der Waals surface area (Å²) in [6, 6.07) is 18.1. The molecule has 2 N–H and O–H groups in total. The van der Waals surface area contributed by atoms with E-state index < -0.39 is 11.8 Å². The number of benzene rings is 3. The number of nitrogens with zero attached hydrogens (tertiary/aromatic N) is 1. The Balaban J connectivity index is 1.55. The second kappa shape index (κ2) is 10.4. The summed E-state index contributed by atoms with van der Waals surface area (Å²) >= 11 is 6.27. The Bertz CT molecular complexity index is 1370. The molecule has 1 heterocycles. The van der Waals surface area contributed by atoms with Gasteiger partial charge in [0.1, 0.15) is 28.0 Å². The van der Waals surface area contributed by atoms with Crippen molar-refractivity contribution < 1.29 is 28.6 Å². The summed E-state index contributed by atoms with van der Waals surface area (Å²) in [5, 5.41) is 5.38. The average molecular weight is 508 g/mol. The molecule has 0 bridgehead atoms. The normalized spacial score (nSPS) is 13.1. The van der Waals surface area contributed by atoms with Crippen LogP contribution < -0.4 is 29.7 Å². The molecule has 0 spiro atoms. The standard InChI is InChI=1S/C26H22ClN3O6/c1-34-18-9-7-16(8-10-18)29-24(31)15-5-4-6-17(13-15)28-23-22(27)25(32)30(26(23)33)20-14-19(35-2)11-12-21(20)36-3/h4-14,28H,1-3H3,(H,29,31). The number of nitrogens with one attached hydrogen (secondary N) is 2. The lowest BCUT2D eigenvalue weighted by atomic mass is 10.1. The summed E-state index contributed by atoms with van der Waals surface area (Å²) in [5.74, 6) is -0.366. The lowest BCUT2D eigenvalue weighted by molar-refractivity contribution is -0.120. The summed E-state index contributed by atoms with van der Waals surface area (Å²) < 4.78 is 15.6. The van der Waals surface area contributed by atoms with Crippen LogP contribution in [0.2, 0.25) is 0 Å². The topological polar surface area (TPSA) is 106 Å². The third-order valence-electron chi connectivity index (χ3n) is 5.40. The number of methoxy groups -OCH3 is 3. The highest BCUT2D eigenvalue weighted by Crippen LogP contribution is 2.38. The second-order valence-electron chi connectivity index (χ2n) is 7.56. The van der Waals surface area contributed by atoms with E-state index in [1.54, 1.807) is 67.8 Å². The van der Waals surface area contributed by atoms with Gasteiger partial charge in [-0.2, -0.15) is 0 Å². The number of hydrogen-bond acceptors (Lipinski definition) is 7. The molecule has 3 aromatic carbocycles. The molecule has 0 saturated carbocycles. The van der Waals surface area contributed by atoms with E-state index in [4.69, 9.17) is 25.8 Å². The van der Waals surface area contributed by atoms with Crippen molar-refractivity contribution in [1.82, 2.24) is 0 Å². The number of carbonyl (C=O) groups excluding carboxylic acids is 3. The van der Waals surface area contributed by atoms with Gasteiger partial charge in [-0.25, -0.2) is 4.90 Å². The molecule has 10 heteroatoms. The molecule has 1 aliphatic heterocycles. The Morgan fingerprint density at radius 1 is 0.806 bits per heavy atom. The number of imide groups is 1. The molecule has 0 atom stereocenters. The fourth-order valence-electron chi connectivity index (χ4n) is 3.56. The molecule has 4 rings (SSSR count). The van der Waals surface area contributed by atoms with Crippen LogP contribution >= 0.6 is 11.6 Å². The van der Waals surface area contributed by atoms with Crippen LogP contribution in [0, 0.1) is 0 Å². The van der Waals surface area contributed by atoms with Crippen molar-refractivity contribution >= 4 is 46.4 Å². The minimum Gasteiger partial charge on any atom is -0.497 e. The minimum atomic E-state index is -0.718. The van der Waals surface area contributed by atoms with E-state index in [1.807, 2.05) is 0 Å². The predicted octanol–water partition coefficient (Wildman–Crippen LogP) is 4.40. The van der Waals surface area contributed by atoms with Gasteiger partial charge in [-0.05, 0) is 54.6 Å². The zero-order valence-corrected chi connectivity index (χ0v) is 20.4. The molecule has 3 aromatic rings. The van der Waals surface area contributed by atoms with Gasteiger partial charge < -0.3 is 24.8 Å². The first kappa shape index (κ1) is 24.6. The number of anilines is 3. The highest BCUT2D eigenvalue weighted by Gasteiger charge is 2.40. The Labute approximate surface area is 212 Å². The molecule has 3 amide bonds. The van der Waals surface area contributed by atoms with Gasteiger partial charge in [-0.15, -0.1) is 0 Å². The van der Waals surface area contributed by atoms with E-state index in [9.17, 15) is 14.4 Å². The predicted molar refractivity (Wildman–Crippen MR) is 136 cm³/mol. The van der Waals surface area contributed by atoms with Gasteiger partial charge in [-0.3, -0.25) is 14.4 Å². The Kier molecular flexibility index (Phi) is 7.12. The van der Waals surface area contributed by atoms with Crippen LogP contribution in [0.25, 0.3) is 0 Å². The van der Waals surface area contributed by atoms with Crippen LogP contribution in [0.1, 0.15) is 10.4 Å². The van der Waals surface area contributed by atoms with E-state index in [0.29, 0.717) is 34.2 Å². The summed E-state index contributed by atoms with van der Waals surface area (Å²) in [4.78, 5) is 39.8. The summed E-state index contributed by atoms with van der Waals surface area (Å²) in [6.07, 6.45) is 0. The quantitative estimate of drug-likeness (QED) is 0.435. The summed E-state index contributed by atoms with van der Waals surface area (Å²) in [5.41, 5.74) is 1.37. The maximum atomic E-state index is 13.2. The molecule has 0 radical (unpaired) electrons. The molecular weight excluding hydrogens is 486 g/mol. The lowest BCUT2D eigenvalue weighted by Crippen LogP contribution is -2.32. The highest BCUT2D eigenvalue weighted by molar-refractivity contribution is 6.53. The van der Waals surface area contributed by atoms with Crippen molar-refractivity contribution in [2.45, 2.75) is 0 Å². The Morgan fingerprint density at radius 3 is 2.17 bits per heavy atom. The number of carbonyl (C=O) groups is 3. The Morgan fingerprint density at radius 2 is 1.50 bits per heavy atom. The van der Waals surface area contributed by atoms with Gasteiger partial charge >= 0.3 is 0 Å². The van der Waals surface area contributed by atoms with Crippen molar-refractivity contribution in [3.63, 3.8) is 0 Å². The van der Waals surface area contributed by atoms with Gasteiger partial charge in [0.05, 0.1) is 27.0 Å². The maximum Gasteiger partial charge on any atom is 0.283 e. The van der Waals surface area contributed by atoms with Crippen LogP contribution in [-0.2, 0) is 9.59 Å². The number of halogens is 1. The summed E-state index contributed by atoms with van der Waals surface area (Å²) in [7, 11) is 4.45. The number of hydrogen-bond donors (Lipinski definition) is 2. The molecular formula is C26H22ClN3O6. The molecule has 0 fully saturated rings. The first-order valence-corrected chi connectivity index (χ1v) is 11.1. The molecule has 1 aliphatic rings. The van der Waals surface area contributed by atoms with Crippen LogP contribution in [0.15, 0.2) is 77.5 Å². The van der Waals surface area contributed by atoms with E-state index >= 15 is 0 Å². The van der Waals surface area contributed by atoms with Crippen LogP contribution in [0.3, 0.4) is 0 Å². The van der Waals surface area contributed by atoms with Crippen LogP contribution in [0.4, 0.5) is 17.1 Å². The van der Waals surface area contributed by atoms with Gasteiger partial charge in [0, 0.05) is 23.0 Å². The maximum absolute atomic E-state index is 13.2. The fourth-order valence-corrected chi connectivity index (χ4v) is 3.77. The zero-order valence-electron chi connectivity index (χ0n) is 19.6. The number of ether oxygens (including phenoxy) is 3. The van der Waals surface area contributed by atoms with E-state index in [-0.39, 0.29) is 22.3 Å². The smallest absolute Gasteiger partial charge is 0.283 e. The molecule has 0 saturated heterocycles. The molecule has 0 aliphatic carbocycles. The van der Waals surface area contributed by atoms with Gasteiger partial charge in [0.2, 0.25) is 0 Å². The van der Waals surface area contributed by atoms with Gasteiger partial charge in [0.15, 0.2) is 0 Å². The molecule has 0 unspecified atom stereocenters. The number of rotatable bonds is 8. The lowest BCUT2D eigenvalue weighted by Gasteiger charge is -2.19.